The van der Waals surface area contributed by atoms with Crippen molar-refractivity contribution in [3.8, 4) is 0 Å². The van der Waals surface area contributed by atoms with Crippen molar-refractivity contribution >= 4 is 5.97 Å². The van der Waals surface area contributed by atoms with E-state index in [0.29, 0.717) is 12.1 Å². The minimum absolute atomic E-state index is 0.0182. The summed E-state index contributed by atoms with van der Waals surface area (Å²) in [5.41, 5.74) is 0.601. The van der Waals surface area contributed by atoms with Gasteiger partial charge in [0.2, 0.25) is 5.92 Å². The van der Waals surface area contributed by atoms with Gasteiger partial charge in [-0.2, -0.15) is 5.10 Å². The zero-order valence-corrected chi connectivity index (χ0v) is 10.1. The quantitative estimate of drug-likeness (QED) is 0.906. The van der Waals surface area contributed by atoms with Crippen LogP contribution in [0.5, 0.6) is 0 Å². The molecule has 1 heterocycles. The van der Waals surface area contributed by atoms with Crippen LogP contribution in [-0.2, 0) is 11.3 Å². The highest BCUT2D eigenvalue weighted by molar-refractivity contribution is 5.71. The van der Waals surface area contributed by atoms with Gasteiger partial charge in [0.25, 0.3) is 0 Å². The molecule has 1 aliphatic carbocycles. The lowest BCUT2D eigenvalue weighted by molar-refractivity contribution is -0.147. The summed E-state index contributed by atoms with van der Waals surface area (Å²) >= 11 is 0. The summed E-state index contributed by atoms with van der Waals surface area (Å²) < 4.78 is 28.5. The van der Waals surface area contributed by atoms with Gasteiger partial charge in [0, 0.05) is 31.5 Å². The maximum Gasteiger partial charge on any atom is 0.307 e. The molecule has 2 rings (SSSR count). The summed E-state index contributed by atoms with van der Waals surface area (Å²) in [6.07, 6.45) is 2.44. The monoisotopic (exact) mass is 258 g/mol. The Morgan fingerprint density at radius 3 is 2.94 bits per heavy atom. The van der Waals surface area contributed by atoms with E-state index in [1.54, 1.807) is 10.9 Å². The molecule has 0 saturated heterocycles. The summed E-state index contributed by atoms with van der Waals surface area (Å²) in [6, 6.07) is 0. The van der Waals surface area contributed by atoms with E-state index in [9.17, 15) is 13.6 Å². The predicted molar refractivity (Wildman–Crippen MR) is 60.6 cm³/mol. The number of carbonyl (C=O) groups is 1. The van der Waals surface area contributed by atoms with Gasteiger partial charge in [0.1, 0.15) is 0 Å². The molecule has 4 nitrogen and oxygen atoms in total. The maximum atomic E-state index is 13.4. The minimum Gasteiger partial charge on any atom is -0.481 e. The Bertz CT molecular complexity index is 445. The third kappa shape index (κ3) is 2.52. The molecule has 1 N–H and O–H groups in total. The van der Waals surface area contributed by atoms with E-state index in [2.05, 4.69) is 5.10 Å². The first kappa shape index (κ1) is 13.0. The van der Waals surface area contributed by atoms with E-state index in [1.807, 2.05) is 6.92 Å². The highest BCUT2D eigenvalue weighted by Crippen LogP contribution is 2.45. The minimum atomic E-state index is -2.77. The first-order valence-electron chi connectivity index (χ1n) is 6.06. The molecule has 1 aromatic heterocycles. The van der Waals surface area contributed by atoms with Crippen molar-refractivity contribution in [3.05, 3.63) is 18.0 Å². The zero-order chi connectivity index (χ0) is 13.3. The number of hydrogen-bond acceptors (Lipinski definition) is 2. The van der Waals surface area contributed by atoms with Crippen molar-refractivity contribution in [2.75, 3.05) is 0 Å². The van der Waals surface area contributed by atoms with Crippen molar-refractivity contribution in [2.24, 2.45) is 5.92 Å². The molecule has 2 atom stereocenters. The van der Waals surface area contributed by atoms with Gasteiger partial charge in [-0.05, 0) is 18.9 Å². The van der Waals surface area contributed by atoms with Crippen molar-refractivity contribution < 1.29 is 18.7 Å². The van der Waals surface area contributed by atoms with Crippen LogP contribution in [-0.4, -0.2) is 26.8 Å². The van der Waals surface area contributed by atoms with Gasteiger partial charge < -0.3 is 5.11 Å². The lowest BCUT2D eigenvalue weighted by atomic mass is 9.75. The van der Waals surface area contributed by atoms with E-state index < -0.39 is 30.1 Å². The molecular formula is C12H16F2N2O2. The Hall–Kier alpha value is -1.46. The first-order valence-corrected chi connectivity index (χ1v) is 6.06. The molecule has 0 aliphatic heterocycles. The molecule has 0 radical (unpaired) electrons. The summed E-state index contributed by atoms with van der Waals surface area (Å²) in [5.74, 6) is -5.16. The van der Waals surface area contributed by atoms with Gasteiger partial charge in [0.15, 0.2) is 0 Å². The van der Waals surface area contributed by atoms with E-state index in [1.165, 1.54) is 6.20 Å². The van der Waals surface area contributed by atoms with Gasteiger partial charge in [-0.25, -0.2) is 8.78 Å². The molecule has 18 heavy (non-hydrogen) atoms. The number of aliphatic carboxylic acids is 1. The number of aromatic nitrogens is 2. The molecule has 1 aliphatic rings. The fourth-order valence-electron chi connectivity index (χ4n) is 2.52. The molecule has 6 heteroatoms. The van der Waals surface area contributed by atoms with Gasteiger partial charge in [-0.15, -0.1) is 0 Å². The summed E-state index contributed by atoms with van der Waals surface area (Å²) in [6.45, 7) is 2.53. The van der Waals surface area contributed by atoms with Gasteiger partial charge in [0.05, 0.1) is 12.1 Å². The van der Waals surface area contributed by atoms with Crippen LogP contribution in [0.2, 0.25) is 0 Å². The third-order valence-corrected chi connectivity index (χ3v) is 3.55. The number of nitrogens with zero attached hydrogens (tertiary/aromatic N) is 2. The average Bonchev–Trinajstić information content (AvgIpc) is 2.75. The Morgan fingerprint density at radius 1 is 1.67 bits per heavy atom. The molecule has 0 spiro atoms. The Balaban J connectivity index is 2.27. The zero-order valence-electron chi connectivity index (χ0n) is 10.1. The Labute approximate surface area is 104 Å². The van der Waals surface area contributed by atoms with Crippen LogP contribution in [0, 0.1) is 5.92 Å². The standard InChI is InChI=1S/C12H16F2N2O2/c1-2-16-7-8(6-15-16)10-5-12(13,14)4-3-9(10)11(17)18/h6-7,9-10H,2-5H2,1H3,(H,17,18). The number of carboxylic acids is 1. The van der Waals surface area contributed by atoms with E-state index in [4.69, 9.17) is 5.11 Å². The molecular weight excluding hydrogens is 242 g/mol. The number of aryl methyl sites for hydroxylation is 1. The molecule has 1 saturated carbocycles. The predicted octanol–water partition coefficient (Wildman–Crippen LogP) is 2.51. The second-order valence-corrected chi connectivity index (χ2v) is 4.78. The average molecular weight is 258 g/mol. The van der Waals surface area contributed by atoms with Crippen LogP contribution in [0.3, 0.4) is 0 Å². The highest BCUT2D eigenvalue weighted by Gasteiger charge is 2.45. The second kappa shape index (κ2) is 4.66. The van der Waals surface area contributed by atoms with Crippen molar-refractivity contribution in [1.82, 2.24) is 9.78 Å². The molecule has 1 fully saturated rings. The second-order valence-electron chi connectivity index (χ2n) is 4.78. The van der Waals surface area contributed by atoms with Crippen LogP contribution in [0.15, 0.2) is 12.4 Å². The Kier molecular flexibility index (Phi) is 3.36. The normalized spacial score (nSPS) is 27.1. The summed E-state index contributed by atoms with van der Waals surface area (Å²) in [5, 5.41) is 13.2. The summed E-state index contributed by atoms with van der Waals surface area (Å²) in [4.78, 5) is 11.2. The number of rotatable bonds is 3. The third-order valence-electron chi connectivity index (χ3n) is 3.55. The molecule has 100 valence electrons. The van der Waals surface area contributed by atoms with Gasteiger partial charge in [-0.3, -0.25) is 9.48 Å². The number of halogens is 2. The number of carboxylic acid groups (broad SMARTS) is 1. The molecule has 1 aromatic rings. The first-order chi connectivity index (χ1) is 8.43. The van der Waals surface area contributed by atoms with Crippen LogP contribution in [0.1, 0.15) is 37.7 Å². The topological polar surface area (TPSA) is 55.1 Å². The smallest absolute Gasteiger partial charge is 0.307 e. The number of hydrogen-bond donors (Lipinski definition) is 1. The van der Waals surface area contributed by atoms with Crippen molar-refractivity contribution in [3.63, 3.8) is 0 Å². The van der Waals surface area contributed by atoms with Crippen LogP contribution >= 0.6 is 0 Å². The summed E-state index contributed by atoms with van der Waals surface area (Å²) in [7, 11) is 0. The van der Waals surface area contributed by atoms with Crippen LogP contribution in [0.4, 0.5) is 8.78 Å². The molecule has 0 aromatic carbocycles. The van der Waals surface area contributed by atoms with Gasteiger partial charge in [-0.1, -0.05) is 0 Å². The fourth-order valence-corrected chi connectivity index (χ4v) is 2.52. The largest absolute Gasteiger partial charge is 0.481 e. The SMILES string of the molecule is CCn1cc(C2CC(F)(F)CCC2C(=O)O)cn1. The molecule has 0 bridgehead atoms. The fraction of sp³-hybridized carbons (Fsp3) is 0.667. The van der Waals surface area contributed by atoms with Crippen molar-refractivity contribution in [1.29, 1.82) is 0 Å². The molecule has 2 unspecified atom stereocenters. The van der Waals surface area contributed by atoms with E-state index >= 15 is 0 Å². The van der Waals surface area contributed by atoms with Crippen molar-refractivity contribution in [2.45, 2.75) is 44.6 Å². The van der Waals surface area contributed by atoms with Crippen LogP contribution < -0.4 is 0 Å². The highest BCUT2D eigenvalue weighted by atomic mass is 19.3. The van der Waals surface area contributed by atoms with E-state index in [-0.39, 0.29) is 12.8 Å². The van der Waals surface area contributed by atoms with Gasteiger partial charge >= 0.3 is 5.97 Å². The lowest BCUT2D eigenvalue weighted by Crippen LogP contribution is -2.34. The molecule has 0 amide bonds. The lowest BCUT2D eigenvalue weighted by Gasteiger charge is -2.33. The van der Waals surface area contributed by atoms with E-state index in [0.717, 1.165) is 0 Å². The number of alkyl halides is 2. The van der Waals surface area contributed by atoms with Crippen LogP contribution in [0.25, 0.3) is 0 Å². The maximum absolute atomic E-state index is 13.4. The Morgan fingerprint density at radius 2 is 2.39 bits per heavy atom.